The van der Waals surface area contributed by atoms with E-state index in [4.69, 9.17) is 0 Å². The van der Waals surface area contributed by atoms with Crippen LogP contribution in [0.25, 0.3) is 0 Å². The van der Waals surface area contributed by atoms with Crippen LogP contribution in [0, 0.1) is 0 Å². The number of nitrogens with zero attached hydrogens (tertiary/aromatic N) is 1. The van der Waals surface area contributed by atoms with Crippen LogP contribution in [0.15, 0.2) is 12.1 Å². The molecule has 2 N–H and O–H groups in total. The molecule has 1 fully saturated rings. The third-order valence-corrected chi connectivity index (χ3v) is 3.79. The molecule has 0 radical (unpaired) electrons. The number of ether oxygens (including phenoxy) is 1. The molecule has 2 heterocycles. The van der Waals surface area contributed by atoms with Gasteiger partial charge in [-0.3, -0.25) is 4.79 Å². The van der Waals surface area contributed by atoms with Crippen molar-refractivity contribution in [3.8, 4) is 0 Å². The summed E-state index contributed by atoms with van der Waals surface area (Å²) in [6.45, 7) is 4.11. The molecule has 2 rings (SSSR count). The van der Waals surface area contributed by atoms with Crippen LogP contribution in [0.1, 0.15) is 42.4 Å². The molecule has 0 bridgehead atoms. The fraction of sp³-hybridized carbons (Fsp3) is 0.600. The highest BCUT2D eigenvalue weighted by atomic mass is 16.5. The molecule has 1 amide bonds. The standard InChI is InChI=1S/C15H23N3O3/c1-11(14(19)18-8-4-3-5-9-18)16-10-12-6-7-13(17-12)15(20)21-2/h6-7,11,16-17H,3-5,8-10H2,1-2H3. The van der Waals surface area contributed by atoms with Crippen molar-refractivity contribution in [3.05, 3.63) is 23.5 Å². The number of esters is 1. The summed E-state index contributed by atoms with van der Waals surface area (Å²) in [6, 6.07) is 3.27. The lowest BCUT2D eigenvalue weighted by Gasteiger charge is -2.29. The Labute approximate surface area is 124 Å². The second kappa shape index (κ2) is 7.26. The molecule has 6 nitrogen and oxygen atoms in total. The van der Waals surface area contributed by atoms with Gasteiger partial charge in [-0.05, 0) is 38.3 Å². The highest BCUT2D eigenvalue weighted by molar-refractivity contribution is 5.87. The van der Waals surface area contributed by atoms with Gasteiger partial charge in [0.25, 0.3) is 0 Å². The van der Waals surface area contributed by atoms with Crippen LogP contribution in [-0.4, -0.2) is 48.0 Å². The third-order valence-electron chi connectivity index (χ3n) is 3.79. The van der Waals surface area contributed by atoms with Crippen molar-refractivity contribution in [1.29, 1.82) is 0 Å². The maximum absolute atomic E-state index is 12.3. The fourth-order valence-electron chi connectivity index (χ4n) is 2.51. The van der Waals surface area contributed by atoms with Gasteiger partial charge < -0.3 is 19.9 Å². The van der Waals surface area contributed by atoms with Crippen molar-refractivity contribution in [1.82, 2.24) is 15.2 Å². The summed E-state index contributed by atoms with van der Waals surface area (Å²) < 4.78 is 4.64. The molecule has 0 spiro atoms. The Balaban J connectivity index is 1.82. The number of H-pyrrole nitrogens is 1. The minimum atomic E-state index is -0.390. The first-order valence-corrected chi connectivity index (χ1v) is 7.40. The van der Waals surface area contributed by atoms with Crippen LogP contribution in [0.2, 0.25) is 0 Å². The van der Waals surface area contributed by atoms with Crippen molar-refractivity contribution in [2.45, 2.75) is 38.8 Å². The first-order chi connectivity index (χ1) is 10.1. The number of aromatic amines is 1. The molecule has 1 atom stereocenters. The molecule has 6 heteroatoms. The lowest BCUT2D eigenvalue weighted by molar-refractivity contribution is -0.133. The molecule has 1 aliphatic rings. The van der Waals surface area contributed by atoms with Gasteiger partial charge in [0.1, 0.15) is 5.69 Å². The van der Waals surface area contributed by atoms with Crippen LogP contribution >= 0.6 is 0 Å². The summed E-state index contributed by atoms with van der Waals surface area (Å²) in [5.41, 5.74) is 1.28. The quantitative estimate of drug-likeness (QED) is 0.802. The molecular formula is C15H23N3O3. The van der Waals surface area contributed by atoms with E-state index in [1.54, 1.807) is 6.07 Å². The number of nitrogens with one attached hydrogen (secondary N) is 2. The van der Waals surface area contributed by atoms with E-state index < -0.39 is 5.97 Å². The van der Waals surface area contributed by atoms with Crippen LogP contribution < -0.4 is 5.32 Å². The number of methoxy groups -OCH3 is 1. The third kappa shape index (κ3) is 4.07. The molecule has 0 aromatic carbocycles. The summed E-state index contributed by atoms with van der Waals surface area (Å²) >= 11 is 0. The van der Waals surface area contributed by atoms with Crippen molar-refractivity contribution < 1.29 is 14.3 Å². The molecule has 1 aromatic heterocycles. The smallest absolute Gasteiger partial charge is 0.354 e. The van der Waals surface area contributed by atoms with Crippen LogP contribution in [-0.2, 0) is 16.1 Å². The number of amides is 1. The molecule has 0 aliphatic carbocycles. The number of carbonyl (C=O) groups excluding carboxylic acids is 2. The van der Waals surface area contributed by atoms with E-state index in [0.29, 0.717) is 12.2 Å². The normalized spacial score (nSPS) is 16.6. The Morgan fingerprint density at radius 2 is 2.05 bits per heavy atom. The maximum Gasteiger partial charge on any atom is 0.354 e. The molecule has 1 unspecified atom stereocenters. The molecule has 21 heavy (non-hydrogen) atoms. The average Bonchev–Trinajstić information content (AvgIpc) is 3.01. The lowest BCUT2D eigenvalue weighted by atomic mass is 10.1. The SMILES string of the molecule is COC(=O)c1ccc(CNC(C)C(=O)N2CCCCC2)[nH]1. The maximum atomic E-state index is 12.3. The zero-order valence-electron chi connectivity index (χ0n) is 12.6. The van der Waals surface area contributed by atoms with E-state index in [2.05, 4.69) is 15.0 Å². The second-order valence-corrected chi connectivity index (χ2v) is 5.38. The average molecular weight is 293 g/mol. The van der Waals surface area contributed by atoms with Crippen LogP contribution in [0.3, 0.4) is 0 Å². The second-order valence-electron chi connectivity index (χ2n) is 5.38. The van der Waals surface area contributed by atoms with Gasteiger partial charge in [0, 0.05) is 25.3 Å². The van der Waals surface area contributed by atoms with Crippen LogP contribution in [0.4, 0.5) is 0 Å². The van der Waals surface area contributed by atoms with Crippen molar-refractivity contribution in [3.63, 3.8) is 0 Å². The Hall–Kier alpha value is -1.82. The summed E-state index contributed by atoms with van der Waals surface area (Å²) in [5, 5.41) is 3.19. The summed E-state index contributed by atoms with van der Waals surface area (Å²) in [6.07, 6.45) is 3.40. The Bertz CT molecular complexity index is 492. The molecule has 0 saturated carbocycles. The topological polar surface area (TPSA) is 74.4 Å². The first-order valence-electron chi connectivity index (χ1n) is 7.40. The van der Waals surface area contributed by atoms with E-state index in [0.717, 1.165) is 31.6 Å². The number of hydrogen-bond acceptors (Lipinski definition) is 4. The molecule has 1 aromatic rings. The van der Waals surface area contributed by atoms with Crippen molar-refractivity contribution in [2.75, 3.05) is 20.2 Å². The van der Waals surface area contributed by atoms with E-state index in [1.807, 2.05) is 17.9 Å². The van der Waals surface area contributed by atoms with Gasteiger partial charge in [0.05, 0.1) is 13.2 Å². The largest absolute Gasteiger partial charge is 0.464 e. The monoisotopic (exact) mass is 293 g/mol. The minimum Gasteiger partial charge on any atom is -0.464 e. The Morgan fingerprint density at radius 3 is 2.71 bits per heavy atom. The first kappa shape index (κ1) is 15.6. The molecule has 116 valence electrons. The van der Waals surface area contributed by atoms with E-state index in [1.165, 1.54) is 13.5 Å². The summed E-state index contributed by atoms with van der Waals surface area (Å²) in [7, 11) is 1.35. The number of likely N-dealkylation sites (tertiary alicyclic amines) is 1. The Kier molecular flexibility index (Phi) is 5.38. The number of aromatic nitrogens is 1. The number of hydrogen-bond donors (Lipinski definition) is 2. The van der Waals surface area contributed by atoms with Gasteiger partial charge in [0.2, 0.25) is 5.91 Å². The molecule has 1 saturated heterocycles. The number of rotatable bonds is 5. The predicted octanol–water partition coefficient (Wildman–Crippen LogP) is 1.29. The van der Waals surface area contributed by atoms with Gasteiger partial charge in [-0.2, -0.15) is 0 Å². The zero-order chi connectivity index (χ0) is 15.2. The van der Waals surface area contributed by atoms with Gasteiger partial charge in [-0.1, -0.05) is 0 Å². The van der Waals surface area contributed by atoms with Crippen LogP contribution in [0.5, 0.6) is 0 Å². The highest BCUT2D eigenvalue weighted by Gasteiger charge is 2.21. The van der Waals surface area contributed by atoms with E-state index in [9.17, 15) is 9.59 Å². The van der Waals surface area contributed by atoms with E-state index in [-0.39, 0.29) is 11.9 Å². The van der Waals surface area contributed by atoms with Gasteiger partial charge >= 0.3 is 5.97 Å². The van der Waals surface area contributed by atoms with Crippen molar-refractivity contribution in [2.24, 2.45) is 0 Å². The number of piperidine rings is 1. The Morgan fingerprint density at radius 1 is 1.33 bits per heavy atom. The number of carbonyl (C=O) groups is 2. The van der Waals surface area contributed by atoms with Gasteiger partial charge in [-0.25, -0.2) is 4.79 Å². The fourth-order valence-corrected chi connectivity index (χ4v) is 2.51. The molecular weight excluding hydrogens is 270 g/mol. The zero-order valence-corrected chi connectivity index (χ0v) is 12.6. The van der Waals surface area contributed by atoms with Gasteiger partial charge in [-0.15, -0.1) is 0 Å². The van der Waals surface area contributed by atoms with E-state index >= 15 is 0 Å². The predicted molar refractivity (Wildman–Crippen MR) is 78.9 cm³/mol. The van der Waals surface area contributed by atoms with Crippen molar-refractivity contribution >= 4 is 11.9 Å². The van der Waals surface area contributed by atoms with Gasteiger partial charge in [0.15, 0.2) is 0 Å². The summed E-state index contributed by atoms with van der Waals surface area (Å²) in [5.74, 6) is -0.242. The lowest BCUT2D eigenvalue weighted by Crippen LogP contribution is -2.46. The molecule has 1 aliphatic heterocycles. The minimum absolute atomic E-state index is 0.148. The highest BCUT2D eigenvalue weighted by Crippen LogP contribution is 2.10. The summed E-state index contributed by atoms with van der Waals surface area (Å²) in [4.78, 5) is 28.5.